The Hall–Kier alpha value is -1.27. The lowest BCUT2D eigenvalue weighted by Crippen LogP contribution is -2.47. The molecule has 0 bridgehead atoms. The van der Waals surface area contributed by atoms with Gasteiger partial charge in [-0.1, -0.05) is 11.6 Å². The molecule has 0 aliphatic carbocycles. The molecule has 11 heteroatoms. The van der Waals surface area contributed by atoms with E-state index in [-0.39, 0.29) is 35.9 Å². The van der Waals surface area contributed by atoms with E-state index in [1.807, 2.05) is 0 Å². The Labute approximate surface area is 184 Å². The number of likely N-dealkylation sites (tertiary alicyclic amines) is 1. The number of rotatable bonds is 6. The van der Waals surface area contributed by atoms with Crippen LogP contribution in [0.5, 0.6) is 0 Å². The van der Waals surface area contributed by atoms with E-state index in [2.05, 4.69) is 20.9 Å². The summed E-state index contributed by atoms with van der Waals surface area (Å²) in [7, 11) is 1.59. The Morgan fingerprint density at radius 1 is 1.25 bits per heavy atom. The molecule has 1 amide bonds. The second kappa shape index (κ2) is 11.7. The van der Waals surface area contributed by atoms with Crippen LogP contribution >= 0.6 is 35.6 Å². The highest BCUT2D eigenvalue weighted by Crippen LogP contribution is 2.19. The van der Waals surface area contributed by atoms with Gasteiger partial charge in [0.1, 0.15) is 0 Å². The van der Waals surface area contributed by atoms with E-state index >= 15 is 0 Å². The highest BCUT2D eigenvalue weighted by molar-refractivity contribution is 14.0. The Morgan fingerprint density at radius 2 is 1.89 bits per heavy atom. The summed E-state index contributed by atoms with van der Waals surface area (Å²) in [6, 6.07) is 6.47. The lowest BCUT2D eigenvalue weighted by molar-refractivity contribution is -0.143. The van der Waals surface area contributed by atoms with Gasteiger partial charge >= 0.3 is 6.18 Å². The molecular weight excluding hydrogens is 510 g/mol. The summed E-state index contributed by atoms with van der Waals surface area (Å²) in [5.41, 5.74) is 0.512. The molecule has 1 aromatic rings. The molecular formula is C17H24ClF3IN5O. The van der Waals surface area contributed by atoms with Crippen molar-refractivity contribution in [1.82, 2.24) is 20.9 Å². The van der Waals surface area contributed by atoms with Crippen LogP contribution in [0.1, 0.15) is 16.8 Å². The highest BCUT2D eigenvalue weighted by atomic mass is 127. The van der Waals surface area contributed by atoms with Gasteiger partial charge in [-0.05, 0) is 30.7 Å². The van der Waals surface area contributed by atoms with Crippen LogP contribution in [-0.2, 0) is 0 Å². The standard InChI is InChI=1S/C17H23ClF3N5O.HI/c1-22-16(25-14-6-9-26(10-14)11-17(19,20)21)24-8-7-23-15(27)12-2-4-13(18)5-3-12;/h2-5,14H,6-11H2,1H3,(H,23,27)(H2,22,24,25);1H. The predicted octanol–water partition coefficient (Wildman–Crippen LogP) is 2.49. The quantitative estimate of drug-likeness (QED) is 0.228. The van der Waals surface area contributed by atoms with Crippen molar-refractivity contribution in [1.29, 1.82) is 0 Å². The topological polar surface area (TPSA) is 68.8 Å². The van der Waals surface area contributed by atoms with Crippen molar-refractivity contribution < 1.29 is 18.0 Å². The minimum Gasteiger partial charge on any atom is -0.355 e. The fourth-order valence-electron chi connectivity index (χ4n) is 2.80. The van der Waals surface area contributed by atoms with Gasteiger partial charge in [0.05, 0.1) is 6.54 Å². The third kappa shape index (κ3) is 8.82. The highest BCUT2D eigenvalue weighted by Gasteiger charge is 2.34. The average Bonchev–Trinajstić information content (AvgIpc) is 3.02. The second-order valence-corrected chi connectivity index (χ2v) is 6.68. The zero-order valence-electron chi connectivity index (χ0n) is 15.4. The summed E-state index contributed by atoms with van der Waals surface area (Å²) in [5.74, 6) is 0.282. The minimum atomic E-state index is -4.18. The van der Waals surface area contributed by atoms with E-state index in [4.69, 9.17) is 11.6 Å². The fourth-order valence-corrected chi connectivity index (χ4v) is 2.92. The molecule has 0 spiro atoms. The number of hydrogen-bond donors (Lipinski definition) is 3. The van der Waals surface area contributed by atoms with E-state index < -0.39 is 12.7 Å². The molecule has 0 radical (unpaired) electrons. The maximum atomic E-state index is 12.4. The summed E-state index contributed by atoms with van der Waals surface area (Å²) in [6.07, 6.45) is -3.57. The molecule has 158 valence electrons. The van der Waals surface area contributed by atoms with Crippen molar-refractivity contribution in [2.75, 3.05) is 39.8 Å². The molecule has 1 heterocycles. The number of amides is 1. The molecule has 1 aliphatic rings. The van der Waals surface area contributed by atoms with Gasteiger partial charge in [-0.15, -0.1) is 24.0 Å². The molecule has 3 N–H and O–H groups in total. The molecule has 1 aromatic carbocycles. The van der Waals surface area contributed by atoms with Crippen molar-refractivity contribution in [2.24, 2.45) is 4.99 Å². The first kappa shape index (κ1) is 24.8. The molecule has 1 unspecified atom stereocenters. The summed E-state index contributed by atoms with van der Waals surface area (Å²) < 4.78 is 37.3. The summed E-state index contributed by atoms with van der Waals surface area (Å²) in [6.45, 7) is 0.609. The SMILES string of the molecule is CN=C(NCCNC(=O)c1ccc(Cl)cc1)NC1CCN(CC(F)(F)F)C1.I. The molecule has 1 atom stereocenters. The number of carbonyl (C=O) groups excluding carboxylic acids is 1. The van der Waals surface area contributed by atoms with Crippen LogP contribution in [0.15, 0.2) is 29.3 Å². The van der Waals surface area contributed by atoms with E-state index in [0.29, 0.717) is 49.1 Å². The number of halogens is 5. The van der Waals surface area contributed by atoms with Gasteiger partial charge in [0.2, 0.25) is 0 Å². The monoisotopic (exact) mass is 533 g/mol. The Bertz CT molecular complexity index is 657. The van der Waals surface area contributed by atoms with Crippen LogP contribution in [-0.4, -0.2) is 68.8 Å². The van der Waals surface area contributed by atoms with Gasteiger partial charge in [-0.25, -0.2) is 0 Å². The van der Waals surface area contributed by atoms with Crippen LogP contribution in [0.3, 0.4) is 0 Å². The van der Waals surface area contributed by atoms with Crippen LogP contribution in [0.2, 0.25) is 5.02 Å². The molecule has 0 aromatic heterocycles. The van der Waals surface area contributed by atoms with Crippen LogP contribution in [0.4, 0.5) is 13.2 Å². The molecule has 1 saturated heterocycles. The third-order valence-corrected chi connectivity index (χ3v) is 4.30. The average molecular weight is 534 g/mol. The van der Waals surface area contributed by atoms with Gasteiger partial charge in [0, 0.05) is 49.9 Å². The molecule has 1 fully saturated rings. The van der Waals surface area contributed by atoms with Gasteiger partial charge < -0.3 is 16.0 Å². The summed E-state index contributed by atoms with van der Waals surface area (Å²) in [5, 5.41) is 9.47. The van der Waals surface area contributed by atoms with Crippen molar-refractivity contribution in [3.8, 4) is 0 Å². The maximum absolute atomic E-state index is 12.4. The largest absolute Gasteiger partial charge is 0.401 e. The number of guanidine groups is 1. The minimum absolute atomic E-state index is 0. The second-order valence-electron chi connectivity index (χ2n) is 6.24. The van der Waals surface area contributed by atoms with E-state index in [9.17, 15) is 18.0 Å². The lowest BCUT2D eigenvalue weighted by atomic mass is 10.2. The number of aliphatic imine (C=N–C) groups is 1. The van der Waals surface area contributed by atoms with E-state index in [1.165, 1.54) is 4.90 Å². The number of nitrogens with zero attached hydrogens (tertiary/aromatic N) is 2. The Kier molecular flexibility index (Phi) is 10.3. The first-order valence-electron chi connectivity index (χ1n) is 8.57. The van der Waals surface area contributed by atoms with E-state index in [1.54, 1.807) is 31.3 Å². The van der Waals surface area contributed by atoms with E-state index in [0.717, 1.165) is 0 Å². The van der Waals surface area contributed by atoms with Gasteiger partial charge in [0.15, 0.2) is 5.96 Å². The van der Waals surface area contributed by atoms with Crippen molar-refractivity contribution >= 4 is 47.4 Å². The summed E-state index contributed by atoms with van der Waals surface area (Å²) in [4.78, 5) is 17.4. The Morgan fingerprint density at radius 3 is 2.50 bits per heavy atom. The first-order chi connectivity index (χ1) is 12.8. The third-order valence-electron chi connectivity index (χ3n) is 4.05. The molecule has 2 rings (SSSR count). The number of nitrogens with one attached hydrogen (secondary N) is 3. The van der Waals surface area contributed by atoms with Crippen LogP contribution in [0.25, 0.3) is 0 Å². The summed E-state index contributed by atoms with van der Waals surface area (Å²) >= 11 is 5.78. The zero-order valence-corrected chi connectivity index (χ0v) is 18.4. The molecule has 28 heavy (non-hydrogen) atoms. The zero-order chi connectivity index (χ0) is 19.9. The number of carbonyl (C=O) groups is 1. The number of alkyl halides is 3. The smallest absolute Gasteiger partial charge is 0.355 e. The number of benzene rings is 1. The van der Waals surface area contributed by atoms with Gasteiger partial charge in [-0.3, -0.25) is 14.7 Å². The van der Waals surface area contributed by atoms with Crippen molar-refractivity contribution in [3.05, 3.63) is 34.9 Å². The van der Waals surface area contributed by atoms with Crippen molar-refractivity contribution in [3.63, 3.8) is 0 Å². The number of hydrogen-bond acceptors (Lipinski definition) is 3. The van der Waals surface area contributed by atoms with Crippen LogP contribution < -0.4 is 16.0 Å². The van der Waals surface area contributed by atoms with Crippen molar-refractivity contribution in [2.45, 2.75) is 18.6 Å². The van der Waals surface area contributed by atoms with Gasteiger partial charge in [-0.2, -0.15) is 13.2 Å². The molecule has 0 saturated carbocycles. The Balaban J connectivity index is 0.00000392. The molecule has 1 aliphatic heterocycles. The lowest BCUT2D eigenvalue weighted by Gasteiger charge is -2.19. The first-order valence-corrected chi connectivity index (χ1v) is 8.94. The normalized spacial score (nSPS) is 17.8. The van der Waals surface area contributed by atoms with Gasteiger partial charge in [0.25, 0.3) is 5.91 Å². The van der Waals surface area contributed by atoms with Crippen LogP contribution in [0, 0.1) is 0 Å². The molecule has 6 nitrogen and oxygen atoms in total. The maximum Gasteiger partial charge on any atom is 0.401 e. The predicted molar refractivity (Wildman–Crippen MR) is 115 cm³/mol. The fraction of sp³-hybridized carbons (Fsp3) is 0.529.